The highest BCUT2D eigenvalue weighted by Crippen LogP contribution is 2.33. The molecule has 0 aromatic heterocycles. The zero-order valence-corrected chi connectivity index (χ0v) is 57.1. The van der Waals surface area contributed by atoms with Crippen molar-refractivity contribution in [3.63, 3.8) is 0 Å². The van der Waals surface area contributed by atoms with Crippen LogP contribution in [0.4, 0.5) is 0 Å². The number of hydrogen-bond donors (Lipinski definition) is 12. The minimum atomic E-state index is -1.98. The Balaban J connectivity index is 1.37. The summed E-state index contributed by atoms with van der Waals surface area (Å²) in [6, 6.07) is -0.982. The van der Waals surface area contributed by atoms with Crippen molar-refractivity contribution in [3.8, 4) is 0 Å². The molecular weight excluding hydrogens is 1200 g/mol. The number of allylic oxidation sites excluding steroid dienone is 17. The van der Waals surface area contributed by atoms with Crippen LogP contribution in [0.15, 0.2) is 109 Å². The minimum absolute atomic E-state index is 0.231. The minimum Gasteiger partial charge on any atom is -0.394 e. The van der Waals surface area contributed by atoms with Crippen molar-refractivity contribution in [1.29, 1.82) is 0 Å². The first-order chi connectivity index (χ1) is 45.8. The smallest absolute Gasteiger partial charge is 0.220 e. The number of ether oxygens (including phenoxy) is 6. The van der Waals surface area contributed by atoms with Gasteiger partial charge in [0, 0.05) is 6.42 Å². The molecule has 540 valence electrons. The van der Waals surface area contributed by atoms with Gasteiger partial charge in [-0.1, -0.05) is 245 Å². The molecule has 19 heteroatoms. The lowest BCUT2D eigenvalue weighted by Gasteiger charge is -2.48. The van der Waals surface area contributed by atoms with Gasteiger partial charge < -0.3 is 89.9 Å². The van der Waals surface area contributed by atoms with Crippen LogP contribution in [0.5, 0.6) is 0 Å². The molecule has 0 aliphatic carbocycles. The van der Waals surface area contributed by atoms with E-state index in [1.54, 1.807) is 6.08 Å². The highest BCUT2D eigenvalue weighted by Gasteiger charge is 2.53. The molecule has 3 saturated heterocycles. The van der Waals surface area contributed by atoms with Crippen LogP contribution in [0, 0.1) is 0 Å². The van der Waals surface area contributed by atoms with Gasteiger partial charge in [0.1, 0.15) is 73.2 Å². The Bertz CT molecular complexity index is 2130. The van der Waals surface area contributed by atoms with Crippen LogP contribution in [-0.2, 0) is 33.2 Å². The van der Waals surface area contributed by atoms with Crippen molar-refractivity contribution < 1.29 is 89.4 Å². The molecule has 94 heavy (non-hydrogen) atoms. The number of rotatable bonds is 54. The first-order valence-electron chi connectivity index (χ1n) is 36.1. The van der Waals surface area contributed by atoms with E-state index >= 15 is 0 Å². The van der Waals surface area contributed by atoms with Crippen LogP contribution in [0.25, 0.3) is 0 Å². The van der Waals surface area contributed by atoms with E-state index in [0.29, 0.717) is 6.42 Å². The predicted octanol–water partition coefficient (Wildman–Crippen LogP) is 10.2. The average Bonchev–Trinajstić information content (AvgIpc) is 0.792. The molecule has 17 unspecified atom stereocenters. The number of aliphatic hydroxyl groups excluding tert-OH is 11. The van der Waals surface area contributed by atoms with Crippen molar-refractivity contribution in [2.75, 3.05) is 26.4 Å². The summed E-state index contributed by atoms with van der Waals surface area (Å²) in [4.78, 5) is 13.4. The third-order valence-electron chi connectivity index (χ3n) is 17.3. The number of carbonyl (C=O) groups is 1. The number of carbonyl (C=O) groups excluding carboxylic acids is 1. The summed E-state index contributed by atoms with van der Waals surface area (Å²) in [5.41, 5.74) is 0. The molecule has 12 N–H and O–H groups in total. The lowest BCUT2D eigenvalue weighted by atomic mass is 9.96. The van der Waals surface area contributed by atoms with Gasteiger partial charge in [-0.2, -0.15) is 0 Å². The highest BCUT2D eigenvalue weighted by molar-refractivity contribution is 5.76. The lowest BCUT2D eigenvalue weighted by Crippen LogP contribution is -2.66. The Morgan fingerprint density at radius 2 is 0.734 bits per heavy atom. The Labute approximate surface area is 564 Å². The van der Waals surface area contributed by atoms with Crippen LogP contribution in [0.2, 0.25) is 0 Å². The van der Waals surface area contributed by atoms with E-state index in [0.717, 1.165) is 109 Å². The van der Waals surface area contributed by atoms with Crippen molar-refractivity contribution in [3.05, 3.63) is 109 Å². The molecule has 0 spiro atoms. The fourth-order valence-corrected chi connectivity index (χ4v) is 11.5. The van der Waals surface area contributed by atoms with Crippen molar-refractivity contribution in [1.82, 2.24) is 5.32 Å². The molecule has 3 fully saturated rings. The summed E-state index contributed by atoms with van der Waals surface area (Å²) in [6.07, 6.45) is 47.8. The van der Waals surface area contributed by atoms with Gasteiger partial charge >= 0.3 is 0 Å². The van der Waals surface area contributed by atoms with E-state index in [4.69, 9.17) is 28.4 Å². The molecule has 17 atom stereocenters. The second kappa shape index (κ2) is 55.3. The predicted molar refractivity (Wildman–Crippen MR) is 369 cm³/mol. The fraction of sp³-hybridized carbons (Fsp3) is 0.747. The van der Waals surface area contributed by atoms with Gasteiger partial charge in [-0.15, -0.1) is 0 Å². The molecular formula is C75H127NO18. The Kier molecular flexibility index (Phi) is 49.9. The highest BCUT2D eigenvalue weighted by atomic mass is 16.8. The maximum absolute atomic E-state index is 13.4. The summed E-state index contributed by atoms with van der Waals surface area (Å²) in [7, 11) is 0. The summed E-state index contributed by atoms with van der Waals surface area (Å²) in [5, 5.41) is 120. The normalized spacial score (nSPS) is 28.0. The summed E-state index contributed by atoms with van der Waals surface area (Å²) >= 11 is 0. The van der Waals surface area contributed by atoms with E-state index in [1.807, 2.05) is 6.08 Å². The van der Waals surface area contributed by atoms with Crippen LogP contribution >= 0.6 is 0 Å². The molecule has 0 aromatic rings. The lowest BCUT2D eigenvalue weighted by molar-refractivity contribution is -0.379. The number of hydrogen-bond acceptors (Lipinski definition) is 18. The number of nitrogens with one attached hydrogen (secondary N) is 1. The van der Waals surface area contributed by atoms with E-state index in [1.165, 1.54) is 89.9 Å². The van der Waals surface area contributed by atoms with Gasteiger partial charge in [0.15, 0.2) is 18.9 Å². The van der Waals surface area contributed by atoms with Crippen molar-refractivity contribution in [2.45, 2.75) is 330 Å². The van der Waals surface area contributed by atoms with Gasteiger partial charge in [0.2, 0.25) is 5.91 Å². The van der Waals surface area contributed by atoms with Gasteiger partial charge in [0.05, 0.1) is 38.6 Å². The molecule has 3 aliphatic rings. The summed E-state index contributed by atoms with van der Waals surface area (Å²) in [6.45, 7) is 1.60. The zero-order valence-electron chi connectivity index (χ0n) is 57.1. The van der Waals surface area contributed by atoms with Crippen LogP contribution in [0.1, 0.15) is 226 Å². The van der Waals surface area contributed by atoms with E-state index in [2.05, 4.69) is 116 Å². The van der Waals surface area contributed by atoms with E-state index < -0.39 is 124 Å². The molecule has 0 bridgehead atoms. The summed E-state index contributed by atoms with van der Waals surface area (Å²) in [5.74, 6) is -0.285. The fourth-order valence-electron chi connectivity index (χ4n) is 11.5. The topological polar surface area (TPSA) is 307 Å². The SMILES string of the molecule is CC/C=C\C/C=C\C/C=C\C/C=C\C/C=C\C/C=C\C/C=C\C/C=C\CCCCCCCCCCCCC(=O)NC(COC1OC(CO)C(OC2OC(CO)C(OC3OC(CO)C(O)C(O)C3O)C(O)C2O)C(O)C1O)C(O)/C=C/CCCCCCCCCCCCCC. The summed E-state index contributed by atoms with van der Waals surface area (Å²) < 4.78 is 34.3. The second-order valence-electron chi connectivity index (χ2n) is 25.3. The van der Waals surface area contributed by atoms with E-state index in [-0.39, 0.29) is 18.9 Å². The Morgan fingerprint density at radius 1 is 0.394 bits per heavy atom. The standard InChI is InChI=1S/C75H127NO18/c1-3-5-7-9-11-13-15-17-19-20-21-22-23-24-25-26-27-28-29-30-31-32-33-34-35-36-37-38-39-41-43-45-47-49-51-53-63(81)76-58(59(80)52-50-48-46-44-42-40-18-16-14-12-10-8-6-4-2)57-89-73-69(87)66(84)71(61(55-78)91-73)94-75-70(88)67(85)72(62(56-79)92-75)93-74-68(86)65(83)64(82)60(54-77)90-74/h5,7,11,13,17,19,21-22,24-25,27-28,30-31,33-34,50,52,58-62,64-75,77-80,82-88H,3-4,6,8-10,12,14-16,18,20,23,26,29,32,35-49,51,53-57H2,1-2H3,(H,76,81)/b7-5-,13-11-,19-17-,22-21-,25-24-,28-27-,31-30-,34-33-,52-50+. The van der Waals surface area contributed by atoms with E-state index in [9.17, 15) is 61.0 Å². The first-order valence-corrected chi connectivity index (χ1v) is 36.1. The molecule has 1 amide bonds. The van der Waals surface area contributed by atoms with Gasteiger partial charge in [-0.3, -0.25) is 4.79 Å². The maximum Gasteiger partial charge on any atom is 0.220 e. The zero-order chi connectivity index (χ0) is 68.2. The monoisotopic (exact) mass is 1330 g/mol. The molecule has 3 rings (SSSR count). The third kappa shape index (κ3) is 36.3. The largest absolute Gasteiger partial charge is 0.394 e. The van der Waals surface area contributed by atoms with Gasteiger partial charge in [0.25, 0.3) is 0 Å². The molecule has 19 nitrogen and oxygen atoms in total. The molecule has 3 heterocycles. The molecule has 3 aliphatic heterocycles. The van der Waals surface area contributed by atoms with Gasteiger partial charge in [-0.05, 0) is 83.5 Å². The van der Waals surface area contributed by atoms with Crippen molar-refractivity contribution in [2.24, 2.45) is 0 Å². The van der Waals surface area contributed by atoms with Gasteiger partial charge in [-0.25, -0.2) is 0 Å². The number of amides is 1. The van der Waals surface area contributed by atoms with Crippen molar-refractivity contribution >= 4 is 5.91 Å². The number of unbranched alkanes of at least 4 members (excludes halogenated alkanes) is 22. The average molecular weight is 1330 g/mol. The quantitative estimate of drug-likeness (QED) is 0.0199. The second-order valence-corrected chi connectivity index (χ2v) is 25.3. The Morgan fingerprint density at radius 3 is 1.15 bits per heavy atom. The molecule has 0 aromatic carbocycles. The van der Waals surface area contributed by atoms with Crippen LogP contribution < -0.4 is 5.32 Å². The Hall–Kier alpha value is -3.55. The maximum atomic E-state index is 13.4. The van der Waals surface area contributed by atoms with Crippen LogP contribution in [-0.4, -0.2) is 193 Å². The third-order valence-corrected chi connectivity index (χ3v) is 17.3. The molecule has 0 radical (unpaired) electrons. The number of aliphatic hydroxyl groups is 11. The first kappa shape index (κ1) is 84.7. The van der Waals surface area contributed by atoms with Crippen LogP contribution in [0.3, 0.4) is 0 Å². The molecule has 0 saturated carbocycles.